The molecule has 0 fully saturated rings. The summed E-state index contributed by atoms with van der Waals surface area (Å²) in [4.78, 5) is 23.6. The highest BCUT2D eigenvalue weighted by Crippen LogP contribution is 2.31. The second kappa shape index (κ2) is 8.80. The van der Waals surface area contributed by atoms with Crippen molar-refractivity contribution >= 4 is 23.5 Å². The molecule has 0 radical (unpaired) electrons. The van der Waals surface area contributed by atoms with Gasteiger partial charge in [-0.15, -0.1) is 0 Å². The van der Waals surface area contributed by atoms with Gasteiger partial charge in [-0.05, 0) is 49.2 Å². The normalized spacial score (nSPS) is 10.5. The summed E-state index contributed by atoms with van der Waals surface area (Å²) in [6.45, 7) is 4.07. The highest BCUT2D eigenvalue weighted by atomic mass is 35.5. The molecule has 0 aliphatic heterocycles. The van der Waals surface area contributed by atoms with Crippen molar-refractivity contribution in [1.82, 2.24) is 9.78 Å². The summed E-state index contributed by atoms with van der Waals surface area (Å²) in [6.07, 6.45) is 0. The monoisotopic (exact) mass is 423 g/mol. The minimum Gasteiger partial charge on any atom is -0.478 e. The van der Waals surface area contributed by atoms with Crippen LogP contribution in [0, 0.1) is 18.3 Å². The van der Waals surface area contributed by atoms with Crippen molar-refractivity contribution in [3.05, 3.63) is 75.6 Å². The molecule has 0 amide bonds. The Labute approximate surface area is 178 Å². The quantitative estimate of drug-likeness (QED) is 0.592. The van der Waals surface area contributed by atoms with Crippen LogP contribution in [0.1, 0.15) is 44.6 Å². The predicted octanol–water partition coefficient (Wildman–Crippen LogP) is 4.31. The van der Waals surface area contributed by atoms with Gasteiger partial charge in [0.15, 0.2) is 5.69 Å². The molecule has 0 aliphatic carbocycles. The average Bonchev–Trinajstić information content (AvgIpc) is 3.04. The van der Waals surface area contributed by atoms with Crippen molar-refractivity contribution < 1.29 is 19.4 Å². The van der Waals surface area contributed by atoms with Gasteiger partial charge in [0, 0.05) is 11.3 Å². The molecule has 0 unspecified atom stereocenters. The second-order valence-electron chi connectivity index (χ2n) is 6.50. The summed E-state index contributed by atoms with van der Waals surface area (Å²) < 4.78 is 6.82. The number of benzene rings is 2. The van der Waals surface area contributed by atoms with E-state index in [1.807, 2.05) is 13.0 Å². The molecule has 0 bridgehead atoms. The molecular formula is C22H18ClN3O4. The Morgan fingerprint density at radius 2 is 1.93 bits per heavy atom. The van der Waals surface area contributed by atoms with Crippen LogP contribution >= 0.6 is 11.6 Å². The summed E-state index contributed by atoms with van der Waals surface area (Å²) in [7, 11) is 0. The molecule has 1 N–H and O–H groups in total. The number of carbonyl (C=O) groups is 2. The third kappa shape index (κ3) is 4.19. The third-order valence-electron chi connectivity index (χ3n) is 4.59. The molecule has 8 heteroatoms. The van der Waals surface area contributed by atoms with Crippen LogP contribution < -0.4 is 0 Å². The van der Waals surface area contributed by atoms with E-state index in [2.05, 4.69) is 5.10 Å². The summed E-state index contributed by atoms with van der Waals surface area (Å²) in [5.41, 5.74) is 3.43. The first-order chi connectivity index (χ1) is 14.3. The van der Waals surface area contributed by atoms with E-state index in [9.17, 15) is 9.59 Å². The van der Waals surface area contributed by atoms with Crippen molar-refractivity contribution in [1.29, 1.82) is 5.26 Å². The largest absolute Gasteiger partial charge is 0.478 e. The lowest BCUT2D eigenvalue weighted by Crippen LogP contribution is -2.09. The number of aromatic carboxylic acids is 1. The molecular weight excluding hydrogens is 406 g/mol. The van der Waals surface area contributed by atoms with Gasteiger partial charge in [-0.25, -0.2) is 9.59 Å². The standard InChI is InChI=1S/C22H18ClN3O4/c1-3-30-22(29)20-19(16-8-9-17(11-24)18(23)10-16)13(2)26(25-20)12-14-4-6-15(7-5-14)21(27)28/h4-10H,3,12H2,1-2H3,(H,27,28). The maximum Gasteiger partial charge on any atom is 0.359 e. The van der Waals surface area contributed by atoms with Gasteiger partial charge >= 0.3 is 11.9 Å². The minimum atomic E-state index is -0.999. The molecule has 0 saturated carbocycles. The van der Waals surface area contributed by atoms with E-state index in [1.54, 1.807) is 41.9 Å². The van der Waals surface area contributed by atoms with Gasteiger partial charge in [0.1, 0.15) is 6.07 Å². The first-order valence-corrected chi connectivity index (χ1v) is 9.50. The van der Waals surface area contributed by atoms with E-state index in [0.29, 0.717) is 28.9 Å². The number of carbonyl (C=O) groups excluding carboxylic acids is 1. The number of carboxylic acids is 1. The van der Waals surface area contributed by atoms with Crippen molar-refractivity contribution in [2.75, 3.05) is 6.61 Å². The number of nitriles is 1. The molecule has 1 aromatic heterocycles. The number of esters is 1. The van der Waals surface area contributed by atoms with Crippen LogP contribution in [0.15, 0.2) is 42.5 Å². The highest BCUT2D eigenvalue weighted by molar-refractivity contribution is 6.32. The maximum absolute atomic E-state index is 12.5. The summed E-state index contributed by atoms with van der Waals surface area (Å²) in [5.74, 6) is -1.56. The van der Waals surface area contributed by atoms with Crippen molar-refractivity contribution in [2.45, 2.75) is 20.4 Å². The molecule has 152 valence electrons. The minimum absolute atomic E-state index is 0.150. The molecule has 1 heterocycles. The molecule has 0 spiro atoms. The zero-order valence-corrected chi connectivity index (χ0v) is 17.1. The van der Waals surface area contributed by atoms with E-state index < -0.39 is 11.9 Å². The van der Waals surface area contributed by atoms with Gasteiger partial charge in [-0.1, -0.05) is 29.8 Å². The molecule has 0 aliphatic rings. The summed E-state index contributed by atoms with van der Waals surface area (Å²) in [6, 6.07) is 13.4. The number of hydrogen-bond acceptors (Lipinski definition) is 5. The van der Waals surface area contributed by atoms with Crippen LogP contribution in [-0.2, 0) is 11.3 Å². The summed E-state index contributed by atoms with van der Waals surface area (Å²) in [5, 5.41) is 22.9. The first-order valence-electron chi connectivity index (χ1n) is 9.12. The average molecular weight is 424 g/mol. The fourth-order valence-corrected chi connectivity index (χ4v) is 3.30. The van der Waals surface area contributed by atoms with Gasteiger partial charge < -0.3 is 9.84 Å². The fraction of sp³-hybridized carbons (Fsp3) is 0.182. The van der Waals surface area contributed by atoms with Crippen LogP contribution in [0.25, 0.3) is 11.1 Å². The van der Waals surface area contributed by atoms with Gasteiger partial charge in [0.2, 0.25) is 0 Å². The lowest BCUT2D eigenvalue weighted by Gasteiger charge is -2.07. The van der Waals surface area contributed by atoms with Crippen LogP contribution in [0.2, 0.25) is 5.02 Å². The van der Waals surface area contributed by atoms with E-state index >= 15 is 0 Å². The number of halogens is 1. The zero-order valence-electron chi connectivity index (χ0n) is 16.3. The number of hydrogen-bond donors (Lipinski definition) is 1. The Bertz CT molecular complexity index is 1160. The SMILES string of the molecule is CCOC(=O)c1nn(Cc2ccc(C(=O)O)cc2)c(C)c1-c1ccc(C#N)c(Cl)c1. The Morgan fingerprint density at radius 1 is 1.23 bits per heavy atom. The van der Waals surface area contributed by atoms with Gasteiger partial charge in [-0.2, -0.15) is 10.4 Å². The lowest BCUT2D eigenvalue weighted by molar-refractivity contribution is 0.0518. The molecule has 3 rings (SSSR count). The molecule has 0 saturated heterocycles. The number of rotatable bonds is 6. The molecule has 0 atom stereocenters. The number of ether oxygens (including phenoxy) is 1. The topological polar surface area (TPSA) is 105 Å². The van der Waals surface area contributed by atoms with Crippen molar-refractivity contribution in [3.63, 3.8) is 0 Å². The van der Waals surface area contributed by atoms with E-state index in [-0.39, 0.29) is 22.9 Å². The van der Waals surface area contributed by atoms with Crippen molar-refractivity contribution in [3.8, 4) is 17.2 Å². The van der Waals surface area contributed by atoms with Crippen LogP contribution in [0.5, 0.6) is 0 Å². The zero-order chi connectivity index (χ0) is 21.8. The van der Waals surface area contributed by atoms with Crippen molar-refractivity contribution in [2.24, 2.45) is 0 Å². The van der Waals surface area contributed by atoms with Gasteiger partial charge in [-0.3, -0.25) is 4.68 Å². The summed E-state index contributed by atoms with van der Waals surface area (Å²) >= 11 is 6.19. The van der Waals surface area contributed by atoms with Gasteiger partial charge in [0.05, 0.1) is 29.3 Å². The van der Waals surface area contributed by atoms with E-state index in [0.717, 1.165) is 5.56 Å². The Morgan fingerprint density at radius 3 is 2.50 bits per heavy atom. The second-order valence-corrected chi connectivity index (χ2v) is 6.90. The molecule has 7 nitrogen and oxygen atoms in total. The number of nitrogens with zero attached hydrogens (tertiary/aromatic N) is 3. The Kier molecular flexibility index (Phi) is 6.19. The molecule has 30 heavy (non-hydrogen) atoms. The molecule has 3 aromatic rings. The third-order valence-corrected chi connectivity index (χ3v) is 4.90. The van der Waals surface area contributed by atoms with E-state index in [4.69, 9.17) is 26.7 Å². The Balaban J connectivity index is 2.06. The Hall–Kier alpha value is -3.63. The number of aromatic nitrogens is 2. The van der Waals surface area contributed by atoms with Crippen LogP contribution in [0.3, 0.4) is 0 Å². The van der Waals surface area contributed by atoms with E-state index in [1.165, 1.54) is 12.1 Å². The molecule has 2 aromatic carbocycles. The maximum atomic E-state index is 12.5. The van der Waals surface area contributed by atoms with Gasteiger partial charge in [0.25, 0.3) is 0 Å². The van der Waals surface area contributed by atoms with Crippen LogP contribution in [-0.4, -0.2) is 33.4 Å². The number of carboxylic acid groups (broad SMARTS) is 1. The predicted molar refractivity (Wildman–Crippen MR) is 111 cm³/mol. The van der Waals surface area contributed by atoms with Crippen LogP contribution in [0.4, 0.5) is 0 Å². The first kappa shape index (κ1) is 21.1. The lowest BCUT2D eigenvalue weighted by atomic mass is 10.0. The highest BCUT2D eigenvalue weighted by Gasteiger charge is 2.24. The smallest absolute Gasteiger partial charge is 0.359 e. The fourth-order valence-electron chi connectivity index (χ4n) is 3.07.